The lowest BCUT2D eigenvalue weighted by atomic mass is 10.1. The van der Waals surface area contributed by atoms with Gasteiger partial charge in [-0.05, 0) is 25.7 Å². The first-order valence-corrected chi connectivity index (χ1v) is 5.28. The van der Waals surface area contributed by atoms with Crippen LogP contribution < -0.4 is 5.73 Å². The maximum absolute atomic E-state index is 6.09. The summed E-state index contributed by atoms with van der Waals surface area (Å²) in [5.74, 6) is 2.37. The van der Waals surface area contributed by atoms with Gasteiger partial charge in [0.05, 0.1) is 6.04 Å². The molecular formula is C10H18N4. The Morgan fingerprint density at radius 2 is 2.00 bits per heavy atom. The molecule has 0 spiro atoms. The van der Waals surface area contributed by atoms with Crippen LogP contribution in [-0.2, 0) is 0 Å². The van der Waals surface area contributed by atoms with Crippen molar-refractivity contribution in [3.05, 3.63) is 11.6 Å². The molecule has 1 saturated carbocycles. The van der Waals surface area contributed by atoms with E-state index in [-0.39, 0.29) is 6.04 Å². The third-order valence-corrected chi connectivity index (χ3v) is 2.82. The minimum Gasteiger partial charge on any atom is -0.321 e. The predicted octanol–water partition coefficient (Wildman–Crippen LogP) is 1.58. The van der Waals surface area contributed by atoms with Crippen molar-refractivity contribution < 1.29 is 0 Å². The van der Waals surface area contributed by atoms with E-state index in [2.05, 4.69) is 28.6 Å². The van der Waals surface area contributed by atoms with Gasteiger partial charge in [-0.1, -0.05) is 13.8 Å². The Hall–Kier alpha value is -0.900. The molecule has 0 bridgehead atoms. The van der Waals surface area contributed by atoms with Crippen LogP contribution in [-0.4, -0.2) is 14.8 Å². The lowest BCUT2D eigenvalue weighted by molar-refractivity contribution is 0.464. The third-order valence-electron chi connectivity index (χ3n) is 2.82. The fourth-order valence-corrected chi connectivity index (χ4v) is 1.70. The third kappa shape index (κ3) is 1.54. The van der Waals surface area contributed by atoms with Crippen LogP contribution in [0.3, 0.4) is 0 Å². The molecule has 0 saturated heterocycles. The summed E-state index contributed by atoms with van der Waals surface area (Å²) in [6, 6.07) is 0.626. The number of aryl methyl sites for hydroxylation is 1. The maximum atomic E-state index is 6.09. The molecule has 1 fully saturated rings. The molecule has 1 aromatic rings. The van der Waals surface area contributed by atoms with E-state index in [9.17, 15) is 0 Å². The summed E-state index contributed by atoms with van der Waals surface area (Å²) in [5.41, 5.74) is 6.09. The van der Waals surface area contributed by atoms with Gasteiger partial charge in [0.15, 0.2) is 0 Å². The highest BCUT2D eigenvalue weighted by Crippen LogP contribution is 2.37. The summed E-state index contributed by atoms with van der Waals surface area (Å²) in [6.07, 6.45) is 2.49. The summed E-state index contributed by atoms with van der Waals surface area (Å²) in [7, 11) is 0. The number of hydrogen-bond acceptors (Lipinski definition) is 3. The van der Waals surface area contributed by atoms with E-state index < -0.39 is 0 Å². The summed E-state index contributed by atoms with van der Waals surface area (Å²) < 4.78 is 2.21. The van der Waals surface area contributed by atoms with E-state index in [1.165, 1.54) is 12.8 Å². The van der Waals surface area contributed by atoms with Crippen molar-refractivity contribution in [2.45, 2.75) is 45.7 Å². The van der Waals surface area contributed by atoms with E-state index in [0.717, 1.165) is 11.6 Å². The monoisotopic (exact) mass is 194 g/mol. The number of nitrogens with two attached hydrogens (primary N) is 1. The number of rotatable bonds is 3. The molecule has 0 aliphatic heterocycles. The Morgan fingerprint density at radius 1 is 1.36 bits per heavy atom. The highest BCUT2D eigenvalue weighted by molar-refractivity contribution is 5.05. The molecule has 0 aromatic carbocycles. The molecular weight excluding hydrogens is 176 g/mol. The molecule has 0 amide bonds. The van der Waals surface area contributed by atoms with E-state index in [1.807, 2.05) is 6.92 Å². The number of nitrogens with zero attached hydrogens (tertiary/aromatic N) is 3. The Balaban J connectivity index is 2.32. The highest BCUT2D eigenvalue weighted by atomic mass is 15.3. The molecule has 2 rings (SSSR count). The van der Waals surface area contributed by atoms with Crippen LogP contribution >= 0.6 is 0 Å². The van der Waals surface area contributed by atoms with Crippen LogP contribution in [0.4, 0.5) is 0 Å². The molecule has 2 N–H and O–H groups in total. The van der Waals surface area contributed by atoms with Crippen LogP contribution in [0.25, 0.3) is 0 Å². The summed E-state index contributed by atoms with van der Waals surface area (Å²) >= 11 is 0. The summed E-state index contributed by atoms with van der Waals surface area (Å²) in [4.78, 5) is 0. The van der Waals surface area contributed by atoms with E-state index in [0.29, 0.717) is 12.0 Å². The van der Waals surface area contributed by atoms with Crippen molar-refractivity contribution >= 4 is 0 Å². The van der Waals surface area contributed by atoms with E-state index in [1.54, 1.807) is 0 Å². The zero-order chi connectivity index (χ0) is 10.3. The van der Waals surface area contributed by atoms with Gasteiger partial charge in [-0.2, -0.15) is 0 Å². The highest BCUT2D eigenvalue weighted by Gasteiger charge is 2.30. The molecule has 1 heterocycles. The van der Waals surface area contributed by atoms with Gasteiger partial charge in [0.1, 0.15) is 11.6 Å². The van der Waals surface area contributed by atoms with Gasteiger partial charge in [-0.15, -0.1) is 10.2 Å². The van der Waals surface area contributed by atoms with Crippen LogP contribution in [0.2, 0.25) is 0 Å². The van der Waals surface area contributed by atoms with Crippen LogP contribution in [0, 0.1) is 12.8 Å². The molecule has 1 aliphatic rings. The Morgan fingerprint density at radius 3 is 2.50 bits per heavy atom. The van der Waals surface area contributed by atoms with Crippen molar-refractivity contribution in [1.29, 1.82) is 0 Å². The SMILES string of the molecule is Cc1nnc([C@H](N)C(C)C)n1C1CC1. The molecule has 1 aliphatic carbocycles. The molecule has 0 radical (unpaired) electrons. The first-order valence-electron chi connectivity index (χ1n) is 5.28. The lowest BCUT2D eigenvalue weighted by Crippen LogP contribution is -2.21. The van der Waals surface area contributed by atoms with Crippen molar-refractivity contribution in [3.8, 4) is 0 Å². The maximum Gasteiger partial charge on any atom is 0.150 e. The quantitative estimate of drug-likeness (QED) is 0.794. The molecule has 14 heavy (non-hydrogen) atoms. The van der Waals surface area contributed by atoms with Gasteiger partial charge >= 0.3 is 0 Å². The predicted molar refractivity (Wildman–Crippen MR) is 54.8 cm³/mol. The minimum atomic E-state index is 0.0109. The van der Waals surface area contributed by atoms with Gasteiger partial charge < -0.3 is 10.3 Å². The van der Waals surface area contributed by atoms with Crippen molar-refractivity contribution in [1.82, 2.24) is 14.8 Å². The second-order valence-corrected chi connectivity index (χ2v) is 4.48. The Bertz CT molecular complexity index is 325. The van der Waals surface area contributed by atoms with Crippen LogP contribution in [0.5, 0.6) is 0 Å². The van der Waals surface area contributed by atoms with Gasteiger partial charge in [0.25, 0.3) is 0 Å². The fraction of sp³-hybridized carbons (Fsp3) is 0.800. The second-order valence-electron chi connectivity index (χ2n) is 4.48. The minimum absolute atomic E-state index is 0.0109. The summed E-state index contributed by atoms with van der Waals surface area (Å²) in [6.45, 7) is 6.24. The first-order chi connectivity index (χ1) is 6.61. The number of aromatic nitrogens is 3. The van der Waals surface area contributed by atoms with Gasteiger partial charge in [0, 0.05) is 6.04 Å². The van der Waals surface area contributed by atoms with E-state index >= 15 is 0 Å². The second kappa shape index (κ2) is 3.35. The smallest absolute Gasteiger partial charge is 0.150 e. The Labute approximate surface area is 84.5 Å². The van der Waals surface area contributed by atoms with Crippen molar-refractivity contribution in [3.63, 3.8) is 0 Å². The largest absolute Gasteiger partial charge is 0.321 e. The Kier molecular flexibility index (Phi) is 2.31. The molecule has 1 aromatic heterocycles. The normalized spacial score (nSPS) is 18.9. The topological polar surface area (TPSA) is 56.7 Å². The van der Waals surface area contributed by atoms with Crippen LogP contribution in [0.15, 0.2) is 0 Å². The molecule has 0 unspecified atom stereocenters. The molecule has 78 valence electrons. The van der Waals surface area contributed by atoms with Gasteiger partial charge in [-0.25, -0.2) is 0 Å². The molecule has 1 atom stereocenters. The molecule has 4 heteroatoms. The standard InChI is InChI=1S/C10H18N4/c1-6(2)9(11)10-13-12-7(3)14(10)8-4-5-8/h6,8-9H,4-5,11H2,1-3H3/t9-/m1/s1. The average molecular weight is 194 g/mol. The zero-order valence-corrected chi connectivity index (χ0v) is 9.07. The van der Waals surface area contributed by atoms with Crippen molar-refractivity contribution in [2.24, 2.45) is 11.7 Å². The average Bonchev–Trinajstić information content (AvgIpc) is 2.89. The first kappa shape index (κ1) is 9.65. The molecule has 4 nitrogen and oxygen atoms in total. The lowest BCUT2D eigenvalue weighted by Gasteiger charge is -2.16. The van der Waals surface area contributed by atoms with Gasteiger partial charge in [0.2, 0.25) is 0 Å². The zero-order valence-electron chi connectivity index (χ0n) is 9.07. The van der Waals surface area contributed by atoms with Crippen molar-refractivity contribution in [2.75, 3.05) is 0 Å². The van der Waals surface area contributed by atoms with Gasteiger partial charge in [-0.3, -0.25) is 0 Å². The fourth-order valence-electron chi connectivity index (χ4n) is 1.70. The van der Waals surface area contributed by atoms with Crippen LogP contribution in [0.1, 0.15) is 50.4 Å². The summed E-state index contributed by atoms with van der Waals surface area (Å²) in [5, 5.41) is 8.30. The number of hydrogen-bond donors (Lipinski definition) is 1. The van der Waals surface area contributed by atoms with E-state index in [4.69, 9.17) is 5.73 Å².